The first-order chi connectivity index (χ1) is 14.2. The molecule has 9 atom stereocenters. The highest BCUT2D eigenvalue weighted by Gasteiger charge is 2.64. The first-order valence-electron chi connectivity index (χ1n) is 13.4. The Bertz CT molecular complexity index is 626. The molecule has 4 saturated carbocycles. The standard InChI is InChI=1S/C28H48O2/c1-18(2)9-8-10-19(3)21-12-13-23-25-24(14-16-28(21,23)5)27(4)15-7-6-11-22(27)20(17-29)26(25)30/h18-25,29H,6-17H2,1-5H3/t19-,20-,21-,22-,23+,24+,25+,27+,28-/m1/s1. The molecule has 1 N–H and O–H groups in total. The summed E-state index contributed by atoms with van der Waals surface area (Å²) in [7, 11) is 0. The van der Waals surface area contributed by atoms with Gasteiger partial charge in [0.1, 0.15) is 5.78 Å². The molecule has 0 aliphatic heterocycles. The maximum Gasteiger partial charge on any atom is 0.142 e. The van der Waals surface area contributed by atoms with Crippen LogP contribution in [0.1, 0.15) is 105 Å². The average Bonchev–Trinajstić information content (AvgIpc) is 3.05. The third-order valence-electron chi connectivity index (χ3n) is 11.0. The van der Waals surface area contributed by atoms with Crippen molar-refractivity contribution in [2.75, 3.05) is 6.61 Å². The Balaban J connectivity index is 1.57. The number of aliphatic hydroxyl groups excluding tert-OH is 1. The Morgan fingerprint density at radius 3 is 2.33 bits per heavy atom. The molecule has 0 amide bonds. The van der Waals surface area contributed by atoms with Gasteiger partial charge in [-0.2, -0.15) is 0 Å². The second-order valence-corrected chi connectivity index (χ2v) is 12.8. The lowest BCUT2D eigenvalue weighted by Gasteiger charge is -2.61. The summed E-state index contributed by atoms with van der Waals surface area (Å²) in [5, 5.41) is 10.3. The van der Waals surface area contributed by atoms with Crippen LogP contribution in [0.2, 0.25) is 0 Å². The molecule has 30 heavy (non-hydrogen) atoms. The van der Waals surface area contributed by atoms with Gasteiger partial charge in [-0.3, -0.25) is 4.79 Å². The molecule has 2 heteroatoms. The molecule has 4 rings (SSSR count). The summed E-state index contributed by atoms with van der Waals surface area (Å²) in [4.78, 5) is 13.8. The molecule has 0 radical (unpaired) electrons. The zero-order valence-corrected chi connectivity index (χ0v) is 20.5. The highest BCUT2D eigenvalue weighted by atomic mass is 16.3. The zero-order chi connectivity index (χ0) is 21.7. The molecule has 4 fully saturated rings. The van der Waals surface area contributed by atoms with Crippen molar-refractivity contribution in [1.82, 2.24) is 0 Å². The van der Waals surface area contributed by atoms with E-state index in [0.717, 1.165) is 24.2 Å². The van der Waals surface area contributed by atoms with Crippen molar-refractivity contribution in [1.29, 1.82) is 0 Å². The SMILES string of the molecule is CC(C)CCC[C@@H](C)[C@H]1CC[C@H]2[C@@H]3C(=O)[C@H](CO)[C@H]4CCCC[C@]4(C)[C@H]3CC[C@]12C. The lowest BCUT2D eigenvalue weighted by molar-refractivity contribution is -0.170. The summed E-state index contributed by atoms with van der Waals surface area (Å²) in [5.74, 6) is 4.56. The van der Waals surface area contributed by atoms with Gasteiger partial charge < -0.3 is 5.11 Å². The Labute approximate surface area is 186 Å². The van der Waals surface area contributed by atoms with Crippen LogP contribution in [-0.2, 0) is 4.79 Å². The normalized spacial score (nSPS) is 47.0. The molecule has 4 aliphatic carbocycles. The van der Waals surface area contributed by atoms with Crippen molar-refractivity contribution < 1.29 is 9.90 Å². The topological polar surface area (TPSA) is 37.3 Å². The molecule has 0 bridgehead atoms. The number of fused-ring (bicyclic) bond motifs is 5. The van der Waals surface area contributed by atoms with E-state index in [1.54, 1.807) is 0 Å². The molecule has 0 aromatic heterocycles. The smallest absolute Gasteiger partial charge is 0.142 e. The van der Waals surface area contributed by atoms with E-state index >= 15 is 0 Å². The van der Waals surface area contributed by atoms with Crippen LogP contribution in [0.15, 0.2) is 0 Å². The molecule has 0 saturated heterocycles. The fourth-order valence-corrected chi connectivity index (χ4v) is 9.47. The molecule has 0 aromatic carbocycles. The van der Waals surface area contributed by atoms with Crippen molar-refractivity contribution in [3.63, 3.8) is 0 Å². The summed E-state index contributed by atoms with van der Waals surface area (Å²) < 4.78 is 0. The zero-order valence-electron chi connectivity index (χ0n) is 20.5. The van der Waals surface area contributed by atoms with Gasteiger partial charge in [-0.25, -0.2) is 0 Å². The largest absolute Gasteiger partial charge is 0.396 e. The summed E-state index contributed by atoms with van der Waals surface area (Å²) in [6, 6.07) is 0. The van der Waals surface area contributed by atoms with Crippen LogP contribution in [0.25, 0.3) is 0 Å². The first kappa shape index (κ1) is 22.8. The third kappa shape index (κ3) is 3.52. The maximum atomic E-state index is 13.8. The molecule has 4 aliphatic rings. The van der Waals surface area contributed by atoms with Crippen molar-refractivity contribution in [2.45, 2.75) is 105 Å². The molecule has 0 spiro atoms. The lowest BCUT2D eigenvalue weighted by atomic mass is 9.42. The molecule has 0 aromatic rings. The van der Waals surface area contributed by atoms with Gasteiger partial charge in [0.2, 0.25) is 0 Å². The van der Waals surface area contributed by atoms with E-state index in [1.165, 1.54) is 64.2 Å². The van der Waals surface area contributed by atoms with Crippen molar-refractivity contribution in [3.05, 3.63) is 0 Å². The van der Waals surface area contributed by atoms with Gasteiger partial charge in [-0.15, -0.1) is 0 Å². The number of hydrogen-bond donors (Lipinski definition) is 1. The van der Waals surface area contributed by atoms with Gasteiger partial charge in [0, 0.05) is 11.8 Å². The van der Waals surface area contributed by atoms with Crippen LogP contribution in [0.3, 0.4) is 0 Å². The predicted molar refractivity (Wildman–Crippen MR) is 124 cm³/mol. The maximum absolute atomic E-state index is 13.8. The summed E-state index contributed by atoms with van der Waals surface area (Å²) in [6.07, 6.45) is 14.2. The number of carbonyl (C=O) groups excluding carboxylic acids is 1. The Morgan fingerprint density at radius 2 is 1.63 bits per heavy atom. The van der Waals surface area contributed by atoms with Gasteiger partial charge in [0.05, 0.1) is 6.61 Å². The highest BCUT2D eigenvalue weighted by Crippen LogP contribution is 2.68. The predicted octanol–water partition coefficient (Wildman–Crippen LogP) is 6.90. The van der Waals surface area contributed by atoms with Gasteiger partial charge in [0.15, 0.2) is 0 Å². The van der Waals surface area contributed by atoms with Crippen molar-refractivity contribution in [3.8, 4) is 0 Å². The van der Waals surface area contributed by atoms with Gasteiger partial charge in [0.25, 0.3) is 0 Å². The monoisotopic (exact) mass is 416 g/mol. The Morgan fingerprint density at radius 1 is 0.900 bits per heavy atom. The van der Waals surface area contributed by atoms with Crippen LogP contribution in [0.4, 0.5) is 0 Å². The summed E-state index contributed by atoms with van der Waals surface area (Å²) in [6.45, 7) is 12.3. The van der Waals surface area contributed by atoms with Gasteiger partial charge in [-0.1, -0.05) is 66.7 Å². The van der Waals surface area contributed by atoms with Crippen LogP contribution >= 0.6 is 0 Å². The van der Waals surface area contributed by atoms with Crippen molar-refractivity contribution >= 4 is 5.78 Å². The Hall–Kier alpha value is -0.370. The van der Waals surface area contributed by atoms with E-state index in [1.807, 2.05) is 0 Å². The molecular weight excluding hydrogens is 368 g/mol. The van der Waals surface area contributed by atoms with Crippen LogP contribution in [0.5, 0.6) is 0 Å². The quantitative estimate of drug-likeness (QED) is 0.511. The number of carbonyl (C=O) groups is 1. The molecule has 0 unspecified atom stereocenters. The fourth-order valence-electron chi connectivity index (χ4n) is 9.47. The fraction of sp³-hybridized carbons (Fsp3) is 0.964. The van der Waals surface area contributed by atoms with Crippen LogP contribution in [0, 0.1) is 58.2 Å². The van der Waals surface area contributed by atoms with E-state index in [2.05, 4.69) is 34.6 Å². The number of aliphatic hydroxyl groups is 1. The minimum absolute atomic E-state index is 0.0820. The number of hydrogen-bond acceptors (Lipinski definition) is 2. The highest BCUT2D eigenvalue weighted by molar-refractivity contribution is 5.86. The number of Topliss-reactive ketones (excluding diaryl/α,β-unsaturated/α-hetero) is 1. The van der Waals surface area contributed by atoms with Gasteiger partial charge >= 0.3 is 0 Å². The molecule has 172 valence electrons. The van der Waals surface area contributed by atoms with Crippen LogP contribution in [-0.4, -0.2) is 17.5 Å². The minimum atomic E-state index is -0.0820. The molecule has 2 nitrogen and oxygen atoms in total. The van der Waals surface area contributed by atoms with E-state index < -0.39 is 0 Å². The number of rotatable bonds is 6. The summed E-state index contributed by atoms with van der Waals surface area (Å²) in [5.41, 5.74) is 0.623. The van der Waals surface area contributed by atoms with E-state index in [9.17, 15) is 9.90 Å². The van der Waals surface area contributed by atoms with Gasteiger partial charge in [-0.05, 0) is 84.9 Å². The third-order valence-corrected chi connectivity index (χ3v) is 11.0. The van der Waals surface area contributed by atoms with E-state index in [0.29, 0.717) is 29.0 Å². The lowest BCUT2D eigenvalue weighted by Crippen LogP contribution is -2.60. The summed E-state index contributed by atoms with van der Waals surface area (Å²) >= 11 is 0. The molecule has 0 heterocycles. The second-order valence-electron chi connectivity index (χ2n) is 12.8. The number of ketones is 1. The average molecular weight is 417 g/mol. The van der Waals surface area contributed by atoms with Crippen molar-refractivity contribution in [2.24, 2.45) is 58.2 Å². The second kappa shape index (κ2) is 8.53. The van der Waals surface area contributed by atoms with E-state index in [4.69, 9.17) is 0 Å². The van der Waals surface area contributed by atoms with E-state index in [-0.39, 0.29) is 23.9 Å². The van der Waals surface area contributed by atoms with Crippen LogP contribution < -0.4 is 0 Å². The molecular formula is C28H48O2. The minimum Gasteiger partial charge on any atom is -0.396 e. The first-order valence-corrected chi connectivity index (χ1v) is 13.4. The Kier molecular flexibility index (Phi) is 6.48.